The van der Waals surface area contributed by atoms with Gasteiger partial charge in [-0.1, -0.05) is 44.2 Å². The summed E-state index contributed by atoms with van der Waals surface area (Å²) in [5.74, 6) is 0.719. The predicted molar refractivity (Wildman–Crippen MR) is 135 cm³/mol. The maximum atomic E-state index is 13.2. The molecule has 0 atom stereocenters. The lowest BCUT2D eigenvalue weighted by atomic mass is 9.84. The van der Waals surface area contributed by atoms with Crippen LogP contribution in [0.2, 0.25) is 0 Å². The maximum Gasteiger partial charge on any atom is 0.376 e. The number of rotatable bonds is 3. The minimum atomic E-state index is -0.125. The van der Waals surface area contributed by atoms with Gasteiger partial charge in [0.15, 0.2) is 0 Å². The summed E-state index contributed by atoms with van der Waals surface area (Å²) in [6, 6.07) is 16.4. The summed E-state index contributed by atoms with van der Waals surface area (Å²) < 4.78 is 11.5. The minimum Gasteiger partial charge on any atom is -0.398 e. The molecular formula is C27H28N3O2S+. The maximum absolute atomic E-state index is 13.2. The quantitative estimate of drug-likeness (QED) is 0.442. The summed E-state index contributed by atoms with van der Waals surface area (Å²) in [6.07, 6.45) is 6.02. The SMILES string of the molecule is CCn1c(=Cc2oc3ccccc3[n+]2C)sc(=CC=C2N(C)c3ccccc3C2(C)C)c1=O. The number of thiazole rings is 1. The second-order valence-corrected chi connectivity index (χ2v) is 9.95. The van der Waals surface area contributed by atoms with Gasteiger partial charge in [0, 0.05) is 36.5 Å². The summed E-state index contributed by atoms with van der Waals surface area (Å²) in [4.78, 5) is 15.4. The Morgan fingerprint density at radius 1 is 1.09 bits per heavy atom. The molecule has 0 N–H and O–H groups in total. The first-order valence-corrected chi connectivity index (χ1v) is 12.0. The fourth-order valence-corrected chi connectivity index (χ4v) is 5.81. The highest BCUT2D eigenvalue weighted by molar-refractivity contribution is 7.07. The Morgan fingerprint density at radius 3 is 2.55 bits per heavy atom. The van der Waals surface area contributed by atoms with E-state index in [9.17, 15) is 4.79 Å². The molecule has 6 heteroatoms. The van der Waals surface area contributed by atoms with E-state index >= 15 is 0 Å². The van der Waals surface area contributed by atoms with Gasteiger partial charge in [-0.05, 0) is 36.8 Å². The van der Waals surface area contributed by atoms with Crippen molar-refractivity contribution in [3.8, 4) is 0 Å². The van der Waals surface area contributed by atoms with Crippen molar-refractivity contribution in [3.05, 3.63) is 91.3 Å². The van der Waals surface area contributed by atoms with Gasteiger partial charge in [-0.25, -0.2) is 0 Å². The van der Waals surface area contributed by atoms with Gasteiger partial charge in [0.1, 0.15) is 11.7 Å². The highest BCUT2D eigenvalue weighted by Gasteiger charge is 2.37. The number of aryl methyl sites for hydroxylation is 1. The first-order chi connectivity index (χ1) is 15.8. The third-order valence-electron chi connectivity index (χ3n) is 6.60. The molecule has 0 amide bonds. The fraction of sp³-hybridized carbons (Fsp3) is 0.259. The predicted octanol–water partition coefficient (Wildman–Crippen LogP) is 3.42. The van der Waals surface area contributed by atoms with Gasteiger partial charge in [0.05, 0.1) is 10.6 Å². The van der Waals surface area contributed by atoms with Crippen molar-refractivity contribution in [2.75, 3.05) is 11.9 Å². The molecular weight excluding hydrogens is 430 g/mol. The zero-order valence-electron chi connectivity index (χ0n) is 19.6. The molecule has 1 aliphatic rings. The molecule has 2 aromatic heterocycles. The number of benzene rings is 2. The molecule has 0 aliphatic carbocycles. The van der Waals surface area contributed by atoms with E-state index in [0.29, 0.717) is 6.54 Å². The summed E-state index contributed by atoms with van der Waals surface area (Å²) in [5, 5.41) is 0. The lowest BCUT2D eigenvalue weighted by molar-refractivity contribution is -0.652. The number of hydrogen-bond donors (Lipinski definition) is 0. The van der Waals surface area contributed by atoms with Crippen molar-refractivity contribution in [1.82, 2.24) is 4.57 Å². The van der Waals surface area contributed by atoms with Gasteiger partial charge in [0.25, 0.3) is 11.1 Å². The third-order valence-corrected chi connectivity index (χ3v) is 7.68. The number of likely N-dealkylation sites (N-methyl/N-ethyl adjacent to an activating group) is 1. The molecule has 0 radical (unpaired) electrons. The minimum absolute atomic E-state index is 0.0281. The van der Waals surface area contributed by atoms with Crippen LogP contribution in [0.3, 0.4) is 0 Å². The Hall–Kier alpha value is -3.38. The number of fused-ring (bicyclic) bond motifs is 2. The largest absolute Gasteiger partial charge is 0.398 e. The van der Waals surface area contributed by atoms with Crippen molar-refractivity contribution in [2.45, 2.75) is 32.7 Å². The second-order valence-electron chi connectivity index (χ2n) is 8.89. The molecule has 3 heterocycles. The van der Waals surface area contributed by atoms with Gasteiger partial charge in [0.2, 0.25) is 5.58 Å². The number of anilines is 1. The molecule has 0 saturated carbocycles. The molecule has 0 spiro atoms. The summed E-state index contributed by atoms with van der Waals surface area (Å²) in [7, 11) is 4.07. The van der Waals surface area contributed by atoms with Crippen molar-refractivity contribution in [2.24, 2.45) is 7.05 Å². The molecule has 33 heavy (non-hydrogen) atoms. The first-order valence-electron chi connectivity index (χ1n) is 11.2. The van der Waals surface area contributed by atoms with Gasteiger partial charge in [-0.2, -0.15) is 4.57 Å². The number of oxazole rings is 1. The summed E-state index contributed by atoms with van der Waals surface area (Å²) in [5.41, 5.74) is 5.44. The molecule has 5 nitrogen and oxygen atoms in total. The summed E-state index contributed by atoms with van der Waals surface area (Å²) in [6.45, 7) is 7.06. The molecule has 0 fully saturated rings. The van der Waals surface area contributed by atoms with Gasteiger partial charge in [-0.3, -0.25) is 9.36 Å². The molecule has 168 valence electrons. The van der Waals surface area contributed by atoms with E-state index in [1.807, 2.05) is 55.0 Å². The molecule has 1 aliphatic heterocycles. The number of para-hydroxylation sites is 3. The van der Waals surface area contributed by atoms with Crippen molar-refractivity contribution >= 4 is 40.3 Å². The van der Waals surface area contributed by atoms with E-state index in [1.54, 1.807) is 4.57 Å². The van der Waals surface area contributed by atoms with E-state index in [0.717, 1.165) is 26.2 Å². The molecule has 0 unspecified atom stereocenters. The number of allylic oxidation sites excluding steroid dienone is 2. The molecule has 5 rings (SSSR count). The van der Waals surface area contributed by atoms with Gasteiger partial charge >= 0.3 is 5.89 Å². The van der Waals surface area contributed by atoms with Crippen LogP contribution >= 0.6 is 11.3 Å². The highest BCUT2D eigenvalue weighted by atomic mass is 32.1. The molecule has 2 aromatic carbocycles. The zero-order chi connectivity index (χ0) is 23.3. The van der Waals surface area contributed by atoms with E-state index < -0.39 is 0 Å². The van der Waals surface area contributed by atoms with Crippen LogP contribution < -0.4 is 24.2 Å². The van der Waals surface area contributed by atoms with Gasteiger partial charge in [-0.15, -0.1) is 11.3 Å². The number of hydrogen-bond acceptors (Lipinski definition) is 4. The van der Waals surface area contributed by atoms with Crippen LogP contribution in [0.15, 0.2) is 69.5 Å². The van der Waals surface area contributed by atoms with Crippen LogP contribution in [-0.2, 0) is 19.0 Å². The van der Waals surface area contributed by atoms with Crippen molar-refractivity contribution < 1.29 is 8.98 Å². The van der Waals surface area contributed by atoms with Gasteiger partial charge < -0.3 is 9.32 Å². The standard InChI is InChI=1S/C27H28N3O2S/c1-6-30-25(17-24-29(5)20-13-9-10-14-21(20)32-24)33-22(26(30)31)15-16-23-27(2,3)18-11-7-8-12-19(18)28(23)4/h7-17H,6H2,1-5H3/q+1. The van der Waals surface area contributed by atoms with E-state index in [4.69, 9.17) is 4.42 Å². The summed E-state index contributed by atoms with van der Waals surface area (Å²) >= 11 is 1.50. The van der Waals surface area contributed by atoms with E-state index in [2.05, 4.69) is 56.1 Å². The Labute approximate surface area is 196 Å². The topological polar surface area (TPSA) is 42.3 Å². The van der Waals surface area contributed by atoms with Crippen LogP contribution in [0.1, 0.15) is 32.2 Å². The van der Waals surface area contributed by atoms with E-state index in [-0.39, 0.29) is 11.0 Å². The first kappa shape index (κ1) is 21.5. The number of nitrogens with zero attached hydrogens (tertiary/aromatic N) is 3. The van der Waals surface area contributed by atoms with E-state index in [1.165, 1.54) is 28.3 Å². The van der Waals surface area contributed by atoms with Crippen LogP contribution in [0.25, 0.3) is 23.3 Å². The monoisotopic (exact) mass is 458 g/mol. The Kier molecular flexibility index (Phi) is 5.13. The van der Waals surface area contributed by atoms with Crippen LogP contribution in [0.4, 0.5) is 5.69 Å². The Morgan fingerprint density at radius 2 is 1.82 bits per heavy atom. The molecule has 0 saturated heterocycles. The van der Waals surface area contributed by atoms with Crippen LogP contribution in [0, 0.1) is 0 Å². The Balaban J connectivity index is 1.63. The van der Waals surface area contributed by atoms with Crippen molar-refractivity contribution in [3.63, 3.8) is 0 Å². The lowest BCUT2D eigenvalue weighted by Gasteiger charge is -2.23. The van der Waals surface area contributed by atoms with Crippen molar-refractivity contribution in [1.29, 1.82) is 0 Å². The highest BCUT2D eigenvalue weighted by Crippen LogP contribution is 2.46. The normalized spacial score (nSPS) is 17.5. The fourth-order valence-electron chi connectivity index (χ4n) is 4.77. The molecule has 4 aromatic rings. The second kappa shape index (κ2) is 7.89. The average molecular weight is 459 g/mol. The third kappa shape index (κ3) is 3.37. The lowest BCUT2D eigenvalue weighted by Crippen LogP contribution is -2.33. The molecule has 0 bridgehead atoms. The zero-order valence-corrected chi connectivity index (χ0v) is 20.4. The average Bonchev–Trinajstić information content (AvgIpc) is 3.35. The van der Waals surface area contributed by atoms with Crippen LogP contribution in [0.5, 0.6) is 0 Å². The Bertz CT molecular complexity index is 1580. The van der Waals surface area contributed by atoms with Crippen LogP contribution in [-0.4, -0.2) is 11.6 Å². The number of aromatic nitrogens is 2. The smallest absolute Gasteiger partial charge is 0.376 e.